The van der Waals surface area contributed by atoms with Crippen LogP contribution in [0.3, 0.4) is 0 Å². The van der Waals surface area contributed by atoms with Crippen molar-refractivity contribution >= 4 is 11.3 Å². The van der Waals surface area contributed by atoms with Crippen LogP contribution in [0.2, 0.25) is 0 Å². The topological polar surface area (TPSA) is 3.24 Å². The van der Waals surface area contributed by atoms with Crippen molar-refractivity contribution < 1.29 is 0 Å². The van der Waals surface area contributed by atoms with Gasteiger partial charge in [0.2, 0.25) is 0 Å². The number of rotatable bonds is 5. The molecule has 76 valence electrons. The van der Waals surface area contributed by atoms with E-state index in [-0.39, 0.29) is 0 Å². The lowest BCUT2D eigenvalue weighted by Crippen LogP contribution is -2.30. The lowest BCUT2D eigenvalue weighted by atomic mass is 10.2. The third-order valence-corrected chi connectivity index (χ3v) is 3.07. The van der Waals surface area contributed by atoms with Gasteiger partial charge in [-0.1, -0.05) is 6.07 Å². The minimum absolute atomic E-state index is 0.561. The van der Waals surface area contributed by atoms with E-state index in [4.69, 9.17) is 6.42 Å². The van der Waals surface area contributed by atoms with Crippen molar-refractivity contribution in [2.75, 3.05) is 6.54 Å². The molecule has 0 aliphatic heterocycles. The van der Waals surface area contributed by atoms with Gasteiger partial charge in [-0.3, -0.25) is 4.90 Å². The molecule has 1 rings (SSSR count). The van der Waals surface area contributed by atoms with Crippen LogP contribution in [0.5, 0.6) is 0 Å². The number of hydrogen-bond donors (Lipinski definition) is 0. The zero-order chi connectivity index (χ0) is 10.4. The molecular formula is C12H17NS. The highest BCUT2D eigenvalue weighted by molar-refractivity contribution is 7.09. The molecule has 0 aliphatic rings. The van der Waals surface area contributed by atoms with Crippen LogP contribution in [0.1, 0.15) is 25.1 Å². The molecule has 1 nitrogen and oxygen atoms in total. The number of terminal acetylenes is 1. The maximum Gasteiger partial charge on any atom is 0.0330 e. The average Bonchev–Trinajstić information content (AvgIpc) is 2.64. The third kappa shape index (κ3) is 3.53. The Kier molecular flexibility index (Phi) is 4.72. The van der Waals surface area contributed by atoms with E-state index in [2.05, 4.69) is 42.2 Å². The number of thiophene rings is 1. The van der Waals surface area contributed by atoms with Crippen LogP contribution in [0.4, 0.5) is 0 Å². The van der Waals surface area contributed by atoms with Crippen molar-refractivity contribution in [3.63, 3.8) is 0 Å². The van der Waals surface area contributed by atoms with E-state index < -0.39 is 0 Å². The molecule has 0 saturated heterocycles. The second-order valence-corrected chi connectivity index (χ2v) is 4.63. The van der Waals surface area contributed by atoms with Gasteiger partial charge in [-0.05, 0) is 25.3 Å². The van der Waals surface area contributed by atoms with Crippen molar-refractivity contribution in [1.29, 1.82) is 0 Å². The first-order valence-electron chi connectivity index (χ1n) is 4.94. The van der Waals surface area contributed by atoms with Gasteiger partial charge in [-0.2, -0.15) is 0 Å². The summed E-state index contributed by atoms with van der Waals surface area (Å²) in [6.07, 6.45) is 6.11. The van der Waals surface area contributed by atoms with E-state index in [0.29, 0.717) is 6.04 Å². The molecule has 0 radical (unpaired) electrons. The van der Waals surface area contributed by atoms with Gasteiger partial charge in [0.1, 0.15) is 0 Å². The van der Waals surface area contributed by atoms with Gasteiger partial charge in [0.25, 0.3) is 0 Å². The summed E-state index contributed by atoms with van der Waals surface area (Å²) >= 11 is 1.81. The van der Waals surface area contributed by atoms with Crippen LogP contribution in [0.15, 0.2) is 17.5 Å². The van der Waals surface area contributed by atoms with Gasteiger partial charge < -0.3 is 0 Å². The molecule has 0 aliphatic carbocycles. The first-order valence-corrected chi connectivity index (χ1v) is 5.82. The fourth-order valence-corrected chi connectivity index (χ4v) is 2.06. The minimum atomic E-state index is 0.561. The SMILES string of the molecule is C#CCCN(Cc1cccs1)C(C)C. The van der Waals surface area contributed by atoms with Gasteiger partial charge in [0, 0.05) is 30.4 Å². The van der Waals surface area contributed by atoms with Gasteiger partial charge in [-0.25, -0.2) is 0 Å². The van der Waals surface area contributed by atoms with Crippen LogP contribution in [0.25, 0.3) is 0 Å². The number of nitrogens with zero attached hydrogens (tertiary/aromatic N) is 1. The summed E-state index contributed by atoms with van der Waals surface area (Å²) in [5, 5.41) is 2.12. The Hall–Kier alpha value is -0.780. The molecular weight excluding hydrogens is 190 g/mol. The Balaban J connectivity index is 2.48. The molecule has 0 atom stereocenters. The van der Waals surface area contributed by atoms with Gasteiger partial charge in [0.05, 0.1) is 0 Å². The summed E-state index contributed by atoms with van der Waals surface area (Å²) < 4.78 is 0. The van der Waals surface area contributed by atoms with Crippen molar-refractivity contribution in [2.45, 2.75) is 32.9 Å². The zero-order valence-corrected chi connectivity index (χ0v) is 9.68. The van der Waals surface area contributed by atoms with Gasteiger partial charge >= 0.3 is 0 Å². The minimum Gasteiger partial charge on any atom is -0.295 e. The molecule has 0 aromatic carbocycles. The summed E-state index contributed by atoms with van der Waals surface area (Å²) in [6.45, 7) is 6.44. The second-order valence-electron chi connectivity index (χ2n) is 3.60. The smallest absolute Gasteiger partial charge is 0.0330 e. The second kappa shape index (κ2) is 5.85. The van der Waals surface area contributed by atoms with Crippen molar-refractivity contribution in [1.82, 2.24) is 4.90 Å². The molecule has 1 heterocycles. The summed E-state index contributed by atoms with van der Waals surface area (Å²) in [7, 11) is 0. The molecule has 0 unspecified atom stereocenters. The highest BCUT2D eigenvalue weighted by Crippen LogP contribution is 2.13. The highest BCUT2D eigenvalue weighted by Gasteiger charge is 2.09. The Morgan fingerprint density at radius 3 is 2.86 bits per heavy atom. The molecule has 0 saturated carbocycles. The molecule has 0 spiro atoms. The van der Waals surface area contributed by atoms with Gasteiger partial charge in [-0.15, -0.1) is 23.7 Å². The Bertz CT molecular complexity index is 282. The quantitative estimate of drug-likeness (QED) is 0.671. The van der Waals surface area contributed by atoms with E-state index in [0.717, 1.165) is 19.5 Å². The first kappa shape index (κ1) is 11.3. The van der Waals surface area contributed by atoms with Crippen molar-refractivity contribution in [2.24, 2.45) is 0 Å². The fraction of sp³-hybridized carbons (Fsp3) is 0.500. The van der Waals surface area contributed by atoms with Crippen LogP contribution in [-0.4, -0.2) is 17.5 Å². The van der Waals surface area contributed by atoms with E-state index in [1.165, 1.54) is 4.88 Å². The maximum absolute atomic E-state index is 5.28. The molecule has 0 fully saturated rings. The monoisotopic (exact) mass is 207 g/mol. The van der Waals surface area contributed by atoms with Crippen molar-refractivity contribution in [3.8, 4) is 12.3 Å². The summed E-state index contributed by atoms with van der Waals surface area (Å²) in [6, 6.07) is 4.83. The lowest BCUT2D eigenvalue weighted by molar-refractivity contribution is 0.220. The molecule has 0 amide bonds. The molecule has 0 N–H and O–H groups in total. The fourth-order valence-electron chi connectivity index (χ4n) is 1.33. The Morgan fingerprint density at radius 2 is 2.36 bits per heavy atom. The van der Waals surface area contributed by atoms with E-state index in [9.17, 15) is 0 Å². The Morgan fingerprint density at radius 1 is 1.57 bits per heavy atom. The predicted octanol–water partition coefficient (Wildman–Crippen LogP) is 2.98. The predicted molar refractivity (Wildman–Crippen MR) is 63.3 cm³/mol. The highest BCUT2D eigenvalue weighted by atomic mass is 32.1. The summed E-state index contributed by atoms with van der Waals surface area (Å²) in [5.41, 5.74) is 0. The van der Waals surface area contributed by atoms with Crippen molar-refractivity contribution in [3.05, 3.63) is 22.4 Å². The van der Waals surface area contributed by atoms with E-state index in [1.807, 2.05) is 11.3 Å². The van der Waals surface area contributed by atoms with Crippen LogP contribution >= 0.6 is 11.3 Å². The first-order chi connectivity index (χ1) is 6.74. The van der Waals surface area contributed by atoms with Crippen LogP contribution < -0.4 is 0 Å². The summed E-state index contributed by atoms with van der Waals surface area (Å²) in [4.78, 5) is 3.82. The largest absolute Gasteiger partial charge is 0.295 e. The lowest BCUT2D eigenvalue weighted by Gasteiger charge is -2.24. The van der Waals surface area contributed by atoms with Gasteiger partial charge in [0.15, 0.2) is 0 Å². The summed E-state index contributed by atoms with van der Waals surface area (Å²) in [5.74, 6) is 2.69. The number of hydrogen-bond acceptors (Lipinski definition) is 2. The Labute approximate surface area is 90.8 Å². The standard InChI is InChI=1S/C12H17NS/c1-4-5-8-13(11(2)3)10-12-7-6-9-14-12/h1,6-7,9,11H,5,8,10H2,2-3H3. The third-order valence-electron chi connectivity index (χ3n) is 2.21. The van der Waals surface area contributed by atoms with Crippen LogP contribution in [0, 0.1) is 12.3 Å². The molecule has 1 aromatic heterocycles. The van der Waals surface area contributed by atoms with E-state index in [1.54, 1.807) is 0 Å². The average molecular weight is 207 g/mol. The molecule has 14 heavy (non-hydrogen) atoms. The molecule has 0 bridgehead atoms. The van der Waals surface area contributed by atoms with Crippen LogP contribution in [-0.2, 0) is 6.54 Å². The molecule has 1 aromatic rings. The maximum atomic E-state index is 5.28. The molecule has 2 heteroatoms. The normalized spacial score (nSPS) is 10.8. The zero-order valence-electron chi connectivity index (χ0n) is 8.86. The van der Waals surface area contributed by atoms with E-state index >= 15 is 0 Å².